The quantitative estimate of drug-likeness (QED) is 0.663. The molecule has 1 aromatic carbocycles. The SMILES string of the molecule is O=C(C(F)C(F)(F)ONc1cccc(Cl)c1)C(F)(F)F. The second-order valence-corrected chi connectivity index (χ2v) is 3.94. The van der Waals surface area contributed by atoms with E-state index in [9.17, 15) is 31.1 Å². The fourth-order valence-corrected chi connectivity index (χ4v) is 1.22. The van der Waals surface area contributed by atoms with Gasteiger partial charge in [0.05, 0.1) is 5.69 Å². The number of carbonyl (C=O) groups is 1. The molecule has 0 saturated heterocycles. The zero-order valence-corrected chi connectivity index (χ0v) is 10.1. The molecule has 10 heteroatoms. The van der Waals surface area contributed by atoms with Gasteiger partial charge in [0.15, 0.2) is 0 Å². The lowest BCUT2D eigenvalue weighted by Crippen LogP contribution is -2.46. The highest BCUT2D eigenvalue weighted by molar-refractivity contribution is 6.30. The van der Waals surface area contributed by atoms with Gasteiger partial charge in [-0.2, -0.15) is 22.0 Å². The van der Waals surface area contributed by atoms with E-state index in [1.54, 1.807) is 0 Å². The van der Waals surface area contributed by atoms with Crippen molar-refractivity contribution in [2.45, 2.75) is 18.5 Å². The van der Waals surface area contributed by atoms with Gasteiger partial charge in [-0.05, 0) is 18.2 Å². The monoisotopic (exact) mass is 321 g/mol. The van der Waals surface area contributed by atoms with Crippen LogP contribution < -0.4 is 5.48 Å². The summed E-state index contributed by atoms with van der Waals surface area (Å²) >= 11 is 5.51. The van der Waals surface area contributed by atoms with E-state index in [0.717, 1.165) is 6.07 Å². The summed E-state index contributed by atoms with van der Waals surface area (Å²) < 4.78 is 74.3. The molecule has 0 heterocycles. The summed E-state index contributed by atoms with van der Waals surface area (Å²) in [4.78, 5) is 13.9. The molecule has 1 rings (SSSR count). The van der Waals surface area contributed by atoms with Crippen molar-refractivity contribution in [3.05, 3.63) is 29.3 Å². The van der Waals surface area contributed by atoms with Crippen LogP contribution in [0.15, 0.2) is 24.3 Å². The van der Waals surface area contributed by atoms with Crippen LogP contribution in [0.2, 0.25) is 5.02 Å². The molecule has 0 aromatic heterocycles. The first kappa shape index (κ1) is 16.6. The fourth-order valence-electron chi connectivity index (χ4n) is 1.03. The van der Waals surface area contributed by atoms with E-state index in [4.69, 9.17) is 11.6 Å². The maximum absolute atomic E-state index is 13.0. The summed E-state index contributed by atoms with van der Waals surface area (Å²) in [6.45, 7) is 0. The number of hydrogen-bond donors (Lipinski definition) is 1. The number of nitrogens with one attached hydrogen (secondary N) is 1. The highest BCUT2D eigenvalue weighted by Gasteiger charge is 2.56. The summed E-state index contributed by atoms with van der Waals surface area (Å²) in [6, 6.07) is 4.98. The number of ketones is 1. The third-order valence-corrected chi connectivity index (χ3v) is 2.17. The summed E-state index contributed by atoms with van der Waals surface area (Å²) in [7, 11) is 0. The molecular formula is C10H6ClF6NO2. The Hall–Kier alpha value is -1.48. The number of benzene rings is 1. The van der Waals surface area contributed by atoms with Crippen molar-refractivity contribution in [1.29, 1.82) is 0 Å². The predicted molar refractivity (Wildman–Crippen MR) is 57.1 cm³/mol. The van der Waals surface area contributed by atoms with Crippen molar-refractivity contribution in [1.82, 2.24) is 0 Å². The molecule has 0 aliphatic heterocycles. The lowest BCUT2D eigenvalue weighted by Gasteiger charge is -2.20. The standard InChI is InChI=1S/C10H6ClF6NO2/c11-5-2-1-3-6(4-5)18-20-10(16,17)7(12)8(19)9(13,14)15/h1-4,7,18H. The van der Waals surface area contributed by atoms with Crippen molar-refractivity contribution in [3.8, 4) is 0 Å². The molecular weight excluding hydrogens is 316 g/mol. The van der Waals surface area contributed by atoms with E-state index in [1.807, 2.05) is 0 Å². The maximum atomic E-state index is 13.0. The molecule has 20 heavy (non-hydrogen) atoms. The average Bonchev–Trinajstić information content (AvgIpc) is 2.33. The Morgan fingerprint density at radius 3 is 2.35 bits per heavy atom. The molecule has 0 fully saturated rings. The number of rotatable bonds is 5. The molecule has 1 N–H and O–H groups in total. The Bertz CT molecular complexity index is 493. The van der Waals surface area contributed by atoms with Gasteiger partial charge in [-0.25, -0.2) is 9.23 Å². The first-order chi connectivity index (χ1) is 9.04. The second kappa shape index (κ2) is 5.88. The Morgan fingerprint density at radius 1 is 1.25 bits per heavy atom. The van der Waals surface area contributed by atoms with Crippen LogP contribution >= 0.6 is 11.6 Å². The van der Waals surface area contributed by atoms with Gasteiger partial charge in [0.2, 0.25) is 0 Å². The van der Waals surface area contributed by atoms with Gasteiger partial charge in [-0.1, -0.05) is 17.7 Å². The summed E-state index contributed by atoms with van der Waals surface area (Å²) in [6.07, 6.45) is -14.9. The summed E-state index contributed by atoms with van der Waals surface area (Å²) in [5.74, 6) is -3.24. The fraction of sp³-hybridized carbons (Fsp3) is 0.300. The lowest BCUT2D eigenvalue weighted by molar-refractivity contribution is -0.263. The van der Waals surface area contributed by atoms with Crippen LogP contribution in [0.25, 0.3) is 0 Å². The van der Waals surface area contributed by atoms with Gasteiger partial charge in [0, 0.05) is 5.02 Å². The first-order valence-corrected chi connectivity index (χ1v) is 5.24. The third-order valence-electron chi connectivity index (χ3n) is 1.93. The molecule has 3 nitrogen and oxygen atoms in total. The molecule has 1 unspecified atom stereocenters. The van der Waals surface area contributed by atoms with Gasteiger partial charge >= 0.3 is 12.3 Å². The van der Waals surface area contributed by atoms with E-state index in [-0.39, 0.29) is 10.7 Å². The molecule has 0 saturated carbocycles. The molecule has 0 amide bonds. The highest BCUT2D eigenvalue weighted by atomic mass is 35.5. The molecule has 0 radical (unpaired) electrons. The van der Waals surface area contributed by atoms with Crippen molar-refractivity contribution >= 4 is 23.1 Å². The second-order valence-electron chi connectivity index (χ2n) is 3.50. The van der Waals surface area contributed by atoms with Crippen LogP contribution in [0.3, 0.4) is 0 Å². The van der Waals surface area contributed by atoms with Gasteiger partial charge < -0.3 is 0 Å². The number of Topliss-reactive ketones (excluding diaryl/α,β-unsaturated/α-hetero) is 1. The predicted octanol–water partition coefficient (Wildman–Crippen LogP) is 3.75. The smallest absolute Gasteiger partial charge is 0.286 e. The molecule has 0 bridgehead atoms. The molecule has 0 aliphatic rings. The van der Waals surface area contributed by atoms with E-state index < -0.39 is 24.2 Å². The van der Waals surface area contributed by atoms with Crippen molar-refractivity contribution in [3.63, 3.8) is 0 Å². The lowest BCUT2D eigenvalue weighted by atomic mass is 10.2. The van der Waals surface area contributed by atoms with E-state index >= 15 is 0 Å². The topological polar surface area (TPSA) is 38.3 Å². The number of alkyl halides is 6. The van der Waals surface area contributed by atoms with Crippen molar-refractivity contribution < 1.29 is 36.0 Å². The molecule has 112 valence electrons. The molecule has 1 atom stereocenters. The average molecular weight is 322 g/mol. The number of carbonyl (C=O) groups excluding carboxylic acids is 1. The zero-order valence-electron chi connectivity index (χ0n) is 9.35. The third kappa shape index (κ3) is 4.27. The van der Waals surface area contributed by atoms with Crippen LogP contribution in [0, 0.1) is 0 Å². The Morgan fingerprint density at radius 2 is 1.85 bits per heavy atom. The minimum atomic E-state index is -5.73. The van der Waals surface area contributed by atoms with Crippen LogP contribution in [-0.4, -0.2) is 24.2 Å². The Kier molecular flexibility index (Phi) is 4.87. The molecule has 1 aromatic rings. The normalized spacial score (nSPS) is 13.9. The molecule has 0 aliphatic carbocycles. The number of hydrogen-bond acceptors (Lipinski definition) is 3. The van der Waals surface area contributed by atoms with E-state index in [1.165, 1.54) is 23.7 Å². The highest BCUT2D eigenvalue weighted by Crippen LogP contribution is 2.30. The van der Waals surface area contributed by atoms with Crippen molar-refractivity contribution in [2.75, 3.05) is 5.48 Å². The van der Waals surface area contributed by atoms with E-state index in [0.29, 0.717) is 0 Å². The molecule has 0 spiro atoms. The number of halogens is 7. The van der Waals surface area contributed by atoms with Crippen molar-refractivity contribution in [2.24, 2.45) is 0 Å². The maximum Gasteiger partial charge on any atom is 0.453 e. The van der Waals surface area contributed by atoms with Crippen LogP contribution in [0.4, 0.5) is 32.0 Å². The largest absolute Gasteiger partial charge is 0.453 e. The Balaban J connectivity index is 2.72. The zero-order chi connectivity index (χ0) is 15.6. The van der Waals surface area contributed by atoms with Crippen LogP contribution in [0.5, 0.6) is 0 Å². The summed E-state index contributed by atoms with van der Waals surface area (Å²) in [5.41, 5.74) is 1.36. The minimum absolute atomic E-state index is 0.116. The van der Waals surface area contributed by atoms with Crippen LogP contribution in [0.1, 0.15) is 0 Å². The van der Waals surface area contributed by atoms with Gasteiger partial charge in [0.1, 0.15) is 0 Å². The van der Waals surface area contributed by atoms with Gasteiger partial charge in [-0.3, -0.25) is 10.3 Å². The number of anilines is 1. The van der Waals surface area contributed by atoms with Gasteiger partial charge in [-0.15, -0.1) is 0 Å². The first-order valence-electron chi connectivity index (χ1n) is 4.86. The minimum Gasteiger partial charge on any atom is -0.286 e. The summed E-state index contributed by atoms with van der Waals surface area (Å²) in [5, 5.41) is 0.116. The van der Waals surface area contributed by atoms with Crippen LogP contribution in [-0.2, 0) is 9.63 Å². The Labute approximate surface area is 113 Å². The van der Waals surface area contributed by atoms with E-state index in [2.05, 4.69) is 4.84 Å². The van der Waals surface area contributed by atoms with Gasteiger partial charge in [0.25, 0.3) is 12.0 Å².